The third-order valence-corrected chi connectivity index (χ3v) is 7.15. The van der Waals surface area contributed by atoms with E-state index in [1.165, 1.54) is 44.5 Å². The highest BCUT2D eigenvalue weighted by atomic mass is 32.1. The summed E-state index contributed by atoms with van der Waals surface area (Å²) in [5.74, 6) is 0.333. The Hall–Kier alpha value is -0.710. The monoisotopic (exact) mass is 322 g/mol. The van der Waals surface area contributed by atoms with Gasteiger partial charge in [0, 0.05) is 15.8 Å². The van der Waals surface area contributed by atoms with Crippen LogP contribution in [0.3, 0.4) is 0 Å². The molecule has 0 radical (unpaired) electrons. The lowest BCUT2D eigenvalue weighted by Crippen LogP contribution is -1.95. The summed E-state index contributed by atoms with van der Waals surface area (Å²) in [5, 5.41) is 2.13. The average molecular weight is 323 g/mol. The van der Waals surface area contributed by atoms with E-state index in [2.05, 4.69) is 24.4 Å². The van der Waals surface area contributed by atoms with Gasteiger partial charge in [0.2, 0.25) is 0 Å². The van der Waals surface area contributed by atoms with Crippen molar-refractivity contribution in [3.8, 4) is 0 Å². The predicted molar refractivity (Wildman–Crippen MR) is 92.8 cm³/mol. The third kappa shape index (κ3) is 2.83. The Morgan fingerprint density at radius 1 is 1.05 bits per heavy atom. The lowest BCUT2D eigenvalue weighted by molar-refractivity contribution is 0.0983. The number of hydrogen-bond donors (Lipinski definition) is 0. The molecule has 0 amide bonds. The van der Waals surface area contributed by atoms with Gasteiger partial charge >= 0.3 is 0 Å². The molecule has 20 heavy (non-hydrogen) atoms. The molecular weight excluding hydrogens is 304 g/mol. The molecule has 0 N–H and O–H groups in total. The molecule has 0 atom stereocenters. The molecule has 0 unspecified atom stereocenters. The summed E-state index contributed by atoms with van der Waals surface area (Å²) in [5.41, 5.74) is 0. The first-order chi connectivity index (χ1) is 9.79. The SMILES string of the molecule is CCCCCCCC(=O)c1cc2sc3ccsc3c2s1. The molecule has 0 aromatic carbocycles. The van der Waals surface area contributed by atoms with Crippen LogP contribution in [-0.4, -0.2) is 5.78 Å². The zero-order valence-corrected chi connectivity index (χ0v) is 14.1. The van der Waals surface area contributed by atoms with E-state index in [0.717, 1.165) is 11.3 Å². The van der Waals surface area contributed by atoms with Crippen LogP contribution in [0.2, 0.25) is 0 Å². The van der Waals surface area contributed by atoms with E-state index in [1.807, 2.05) is 11.3 Å². The molecule has 4 heteroatoms. The van der Waals surface area contributed by atoms with Crippen LogP contribution in [0.25, 0.3) is 18.8 Å². The summed E-state index contributed by atoms with van der Waals surface area (Å²) in [6, 6.07) is 4.28. The van der Waals surface area contributed by atoms with E-state index in [9.17, 15) is 4.79 Å². The quantitative estimate of drug-likeness (QED) is 0.348. The number of carbonyl (C=O) groups is 1. The summed E-state index contributed by atoms with van der Waals surface area (Å²) in [6.45, 7) is 2.22. The fraction of sp³-hybridized carbons (Fsp3) is 0.438. The Labute approximate surface area is 131 Å². The zero-order valence-electron chi connectivity index (χ0n) is 11.6. The standard InChI is InChI=1S/C16H18OS3/c1-2-3-4-5-6-7-11(17)13-10-14-16(20-13)15-12(19-14)8-9-18-15/h8-10H,2-7H2,1H3. The van der Waals surface area contributed by atoms with Gasteiger partial charge in [-0.05, 0) is 23.9 Å². The van der Waals surface area contributed by atoms with Crippen molar-refractivity contribution >= 4 is 58.6 Å². The molecule has 3 rings (SSSR count). The van der Waals surface area contributed by atoms with Crippen molar-refractivity contribution in [1.29, 1.82) is 0 Å². The molecule has 3 aromatic rings. The molecule has 0 aliphatic carbocycles. The Balaban J connectivity index is 1.67. The summed E-state index contributed by atoms with van der Waals surface area (Å²) < 4.78 is 5.31. The van der Waals surface area contributed by atoms with E-state index in [-0.39, 0.29) is 0 Å². The largest absolute Gasteiger partial charge is 0.293 e. The molecule has 106 valence electrons. The molecule has 0 bridgehead atoms. The zero-order chi connectivity index (χ0) is 13.9. The van der Waals surface area contributed by atoms with E-state index < -0.39 is 0 Å². The van der Waals surface area contributed by atoms with Gasteiger partial charge in [0.15, 0.2) is 5.78 Å². The Morgan fingerprint density at radius 3 is 2.75 bits per heavy atom. The molecular formula is C16H18OS3. The van der Waals surface area contributed by atoms with Crippen molar-refractivity contribution < 1.29 is 4.79 Å². The minimum absolute atomic E-state index is 0.333. The van der Waals surface area contributed by atoms with Crippen molar-refractivity contribution in [2.75, 3.05) is 0 Å². The van der Waals surface area contributed by atoms with E-state index in [4.69, 9.17) is 0 Å². The predicted octanol–water partition coefficient (Wildman–Crippen LogP) is 6.72. The maximum atomic E-state index is 12.2. The third-order valence-electron chi connectivity index (χ3n) is 3.54. The number of rotatable bonds is 7. The maximum Gasteiger partial charge on any atom is 0.172 e. The Kier molecular flexibility index (Phi) is 4.54. The molecule has 0 saturated carbocycles. The average Bonchev–Trinajstić information content (AvgIpc) is 3.09. The highest BCUT2D eigenvalue weighted by Gasteiger charge is 2.14. The Morgan fingerprint density at radius 2 is 1.90 bits per heavy atom. The molecule has 0 saturated heterocycles. The maximum absolute atomic E-state index is 12.2. The van der Waals surface area contributed by atoms with Crippen LogP contribution in [0.1, 0.15) is 55.1 Å². The molecule has 0 spiro atoms. The first kappa shape index (κ1) is 14.2. The van der Waals surface area contributed by atoms with Crippen LogP contribution in [0.4, 0.5) is 0 Å². The van der Waals surface area contributed by atoms with Crippen LogP contribution in [0.5, 0.6) is 0 Å². The number of ketones is 1. The van der Waals surface area contributed by atoms with Gasteiger partial charge < -0.3 is 0 Å². The summed E-state index contributed by atoms with van der Waals surface area (Å²) in [4.78, 5) is 13.2. The number of unbranched alkanes of at least 4 members (excludes halogenated alkanes) is 4. The van der Waals surface area contributed by atoms with Crippen LogP contribution in [0.15, 0.2) is 17.5 Å². The minimum atomic E-state index is 0.333. The molecule has 3 aromatic heterocycles. The first-order valence-electron chi connectivity index (χ1n) is 7.22. The number of Topliss-reactive ketones (excluding diaryl/α,β-unsaturated/α-hetero) is 1. The van der Waals surface area contributed by atoms with Crippen molar-refractivity contribution in [2.24, 2.45) is 0 Å². The van der Waals surface area contributed by atoms with Crippen molar-refractivity contribution in [2.45, 2.75) is 45.4 Å². The van der Waals surface area contributed by atoms with Crippen LogP contribution in [-0.2, 0) is 0 Å². The second kappa shape index (κ2) is 6.37. The molecule has 3 heterocycles. The second-order valence-corrected chi connectivity index (χ2v) is 8.16. The smallest absolute Gasteiger partial charge is 0.172 e. The number of fused-ring (bicyclic) bond motifs is 3. The van der Waals surface area contributed by atoms with Gasteiger partial charge in [-0.25, -0.2) is 0 Å². The van der Waals surface area contributed by atoms with Crippen LogP contribution < -0.4 is 0 Å². The summed E-state index contributed by atoms with van der Waals surface area (Å²) >= 11 is 5.28. The van der Waals surface area contributed by atoms with Crippen LogP contribution in [0, 0.1) is 0 Å². The summed E-state index contributed by atoms with van der Waals surface area (Å²) in [7, 11) is 0. The van der Waals surface area contributed by atoms with Gasteiger partial charge in [-0.1, -0.05) is 32.6 Å². The molecule has 0 aliphatic rings. The fourth-order valence-electron chi connectivity index (χ4n) is 2.42. The van der Waals surface area contributed by atoms with Crippen molar-refractivity contribution in [3.63, 3.8) is 0 Å². The van der Waals surface area contributed by atoms with Crippen molar-refractivity contribution in [1.82, 2.24) is 0 Å². The van der Waals surface area contributed by atoms with Gasteiger partial charge in [0.25, 0.3) is 0 Å². The number of carbonyl (C=O) groups excluding carboxylic acids is 1. The minimum Gasteiger partial charge on any atom is -0.293 e. The number of hydrogen-bond acceptors (Lipinski definition) is 4. The van der Waals surface area contributed by atoms with E-state index >= 15 is 0 Å². The lowest BCUT2D eigenvalue weighted by atomic mass is 10.1. The second-order valence-electron chi connectivity index (χ2n) is 5.11. The van der Waals surface area contributed by atoms with Crippen molar-refractivity contribution in [3.05, 3.63) is 22.4 Å². The van der Waals surface area contributed by atoms with Gasteiger partial charge in [0.05, 0.1) is 14.3 Å². The molecule has 1 nitrogen and oxygen atoms in total. The van der Waals surface area contributed by atoms with Gasteiger partial charge in [-0.2, -0.15) is 0 Å². The number of thiophene rings is 3. The lowest BCUT2D eigenvalue weighted by Gasteiger charge is -1.98. The highest BCUT2D eigenvalue weighted by Crippen LogP contribution is 2.42. The topological polar surface area (TPSA) is 17.1 Å². The van der Waals surface area contributed by atoms with Gasteiger partial charge in [-0.3, -0.25) is 4.79 Å². The normalized spacial score (nSPS) is 11.7. The Bertz CT molecular complexity index is 716. The highest BCUT2D eigenvalue weighted by molar-refractivity contribution is 7.38. The van der Waals surface area contributed by atoms with E-state index in [0.29, 0.717) is 12.2 Å². The summed E-state index contributed by atoms with van der Waals surface area (Å²) in [6.07, 6.45) is 6.75. The fourth-order valence-corrected chi connectivity index (χ4v) is 6.15. The molecule has 0 fully saturated rings. The van der Waals surface area contributed by atoms with E-state index in [1.54, 1.807) is 22.7 Å². The van der Waals surface area contributed by atoms with Gasteiger partial charge in [0.1, 0.15) is 0 Å². The van der Waals surface area contributed by atoms with Gasteiger partial charge in [-0.15, -0.1) is 34.0 Å². The first-order valence-corrected chi connectivity index (χ1v) is 9.73. The molecule has 0 aliphatic heterocycles. The van der Waals surface area contributed by atoms with Crippen LogP contribution >= 0.6 is 34.0 Å².